The number of nitrogens with two attached hydrogens (primary N) is 1. The zero-order valence-corrected chi connectivity index (χ0v) is 19.0. The maximum atomic E-state index is 12.1. The van der Waals surface area contributed by atoms with Gasteiger partial charge in [0, 0.05) is 31.4 Å². The first-order valence-corrected chi connectivity index (χ1v) is 11.2. The Bertz CT molecular complexity index is 1120. The van der Waals surface area contributed by atoms with Crippen LogP contribution in [0.25, 0.3) is 17.1 Å². The molecule has 1 fully saturated rings. The lowest BCUT2D eigenvalue weighted by molar-refractivity contribution is 0.0342. The van der Waals surface area contributed by atoms with Crippen molar-refractivity contribution in [3.63, 3.8) is 0 Å². The number of hydrogen-bond donors (Lipinski definition) is 2. The van der Waals surface area contributed by atoms with Crippen molar-refractivity contribution < 1.29 is 19.4 Å². The summed E-state index contributed by atoms with van der Waals surface area (Å²) in [5.41, 5.74) is 8.79. The molecule has 0 spiro atoms. The molecular formula is C24H29N5O4. The lowest BCUT2D eigenvalue weighted by atomic mass is 10.1. The van der Waals surface area contributed by atoms with E-state index in [-0.39, 0.29) is 11.6 Å². The molecule has 174 valence electrons. The molecule has 1 aliphatic rings. The maximum absolute atomic E-state index is 12.1. The largest absolute Gasteiger partial charge is 0.507 e. The van der Waals surface area contributed by atoms with Crippen LogP contribution < -0.4 is 10.5 Å². The molecular weight excluding hydrogens is 422 g/mol. The van der Waals surface area contributed by atoms with Crippen LogP contribution in [0.15, 0.2) is 36.4 Å². The summed E-state index contributed by atoms with van der Waals surface area (Å²) in [6.07, 6.45) is 0.704. The third-order valence-corrected chi connectivity index (χ3v) is 5.69. The second-order valence-corrected chi connectivity index (χ2v) is 7.87. The lowest BCUT2D eigenvalue weighted by Crippen LogP contribution is -2.35. The topological polar surface area (TPSA) is 116 Å². The van der Waals surface area contributed by atoms with Crippen LogP contribution in [0.1, 0.15) is 35.6 Å². The van der Waals surface area contributed by atoms with Gasteiger partial charge in [0.05, 0.1) is 25.4 Å². The molecule has 9 nitrogen and oxygen atoms in total. The molecule has 1 aromatic heterocycles. The highest BCUT2D eigenvalue weighted by Crippen LogP contribution is 2.36. The first-order valence-electron chi connectivity index (χ1n) is 11.2. The van der Waals surface area contributed by atoms with Crippen LogP contribution in [-0.2, 0) is 17.7 Å². The molecule has 2 aromatic carbocycles. The number of carbonyl (C=O) groups excluding carboxylic acids is 1. The molecule has 0 saturated carbocycles. The van der Waals surface area contributed by atoms with Gasteiger partial charge in [-0.1, -0.05) is 19.1 Å². The quantitative estimate of drug-likeness (QED) is 0.541. The van der Waals surface area contributed by atoms with E-state index in [1.807, 2.05) is 44.2 Å². The van der Waals surface area contributed by atoms with E-state index in [9.17, 15) is 9.90 Å². The fraction of sp³-hybridized carbons (Fsp3) is 0.375. The fourth-order valence-corrected chi connectivity index (χ4v) is 3.99. The summed E-state index contributed by atoms with van der Waals surface area (Å²) in [5.74, 6) is 0.240. The van der Waals surface area contributed by atoms with E-state index >= 15 is 0 Å². The molecule has 0 bridgehead atoms. The predicted molar refractivity (Wildman–Crippen MR) is 124 cm³/mol. The third-order valence-electron chi connectivity index (χ3n) is 5.69. The Morgan fingerprint density at radius 3 is 2.52 bits per heavy atom. The Labute approximate surface area is 192 Å². The smallest absolute Gasteiger partial charge is 0.287 e. The van der Waals surface area contributed by atoms with Crippen LogP contribution in [0.4, 0.5) is 0 Å². The van der Waals surface area contributed by atoms with E-state index in [1.54, 1.807) is 10.6 Å². The Kier molecular flexibility index (Phi) is 6.90. The number of nitrogens with zero attached hydrogens (tertiary/aromatic N) is 4. The SMILES string of the molecule is CCOc1cc(O)c(-c2nnc(C(N)=O)n2-c2ccc(CN3CCOCC3)cc2)cc1CC. The van der Waals surface area contributed by atoms with Gasteiger partial charge in [0.1, 0.15) is 11.5 Å². The molecule has 4 rings (SSSR count). The number of amides is 1. The van der Waals surface area contributed by atoms with Crippen molar-refractivity contribution in [2.45, 2.75) is 26.8 Å². The number of carbonyl (C=O) groups is 1. The third kappa shape index (κ3) is 4.84. The molecule has 0 aliphatic carbocycles. The highest BCUT2D eigenvalue weighted by molar-refractivity contribution is 5.90. The Balaban J connectivity index is 1.72. The Morgan fingerprint density at radius 1 is 1.15 bits per heavy atom. The summed E-state index contributed by atoms with van der Waals surface area (Å²) in [6.45, 7) is 8.50. The number of ether oxygens (including phenoxy) is 2. The van der Waals surface area contributed by atoms with Crippen LogP contribution in [0.3, 0.4) is 0 Å². The van der Waals surface area contributed by atoms with E-state index in [4.69, 9.17) is 15.2 Å². The zero-order chi connectivity index (χ0) is 23.4. The normalized spacial score (nSPS) is 14.4. The van der Waals surface area contributed by atoms with Crippen LogP contribution in [0.5, 0.6) is 11.5 Å². The van der Waals surface area contributed by atoms with Gasteiger partial charge in [-0.05, 0) is 42.7 Å². The number of hydrogen-bond acceptors (Lipinski definition) is 7. The maximum Gasteiger partial charge on any atom is 0.287 e. The second kappa shape index (κ2) is 10.0. The molecule has 3 aromatic rings. The van der Waals surface area contributed by atoms with Gasteiger partial charge in [0.25, 0.3) is 5.91 Å². The van der Waals surface area contributed by atoms with Gasteiger partial charge < -0.3 is 20.3 Å². The molecule has 0 radical (unpaired) electrons. The zero-order valence-electron chi connectivity index (χ0n) is 19.0. The Hall–Kier alpha value is -3.43. The van der Waals surface area contributed by atoms with E-state index in [0.29, 0.717) is 35.9 Å². The average Bonchev–Trinajstić information content (AvgIpc) is 3.26. The van der Waals surface area contributed by atoms with Gasteiger partial charge in [-0.15, -0.1) is 10.2 Å². The van der Waals surface area contributed by atoms with Gasteiger partial charge in [-0.2, -0.15) is 0 Å². The van der Waals surface area contributed by atoms with Gasteiger partial charge in [-0.3, -0.25) is 14.3 Å². The summed E-state index contributed by atoms with van der Waals surface area (Å²) in [4.78, 5) is 14.4. The molecule has 0 atom stereocenters. The standard InChI is InChI=1S/C24H29N5O4/c1-3-17-13-19(20(30)14-21(17)33-4-2)23-26-27-24(22(25)31)29(23)18-7-5-16(6-8-18)15-28-9-11-32-12-10-28/h5-8,13-14,30H,3-4,9-12,15H2,1-2H3,(H2,25,31). The molecule has 0 unspecified atom stereocenters. The number of aromatic hydroxyl groups is 1. The molecule has 3 N–H and O–H groups in total. The Morgan fingerprint density at radius 2 is 1.88 bits per heavy atom. The van der Waals surface area contributed by atoms with Gasteiger partial charge >= 0.3 is 0 Å². The molecule has 2 heterocycles. The average molecular weight is 452 g/mol. The van der Waals surface area contributed by atoms with Crippen molar-refractivity contribution in [2.24, 2.45) is 5.73 Å². The highest BCUT2D eigenvalue weighted by atomic mass is 16.5. The molecule has 1 saturated heterocycles. The summed E-state index contributed by atoms with van der Waals surface area (Å²) in [5, 5.41) is 19.0. The minimum absolute atomic E-state index is 0.00253. The van der Waals surface area contributed by atoms with Crippen molar-refractivity contribution in [2.75, 3.05) is 32.9 Å². The minimum Gasteiger partial charge on any atom is -0.507 e. The van der Waals surface area contributed by atoms with Crippen LogP contribution in [0, 0.1) is 0 Å². The fourth-order valence-electron chi connectivity index (χ4n) is 3.99. The van der Waals surface area contributed by atoms with E-state index in [2.05, 4.69) is 15.1 Å². The minimum atomic E-state index is -0.702. The van der Waals surface area contributed by atoms with Crippen LogP contribution in [-0.4, -0.2) is 63.6 Å². The number of phenolic OH excluding ortho intramolecular Hbond substituents is 1. The molecule has 9 heteroatoms. The van der Waals surface area contributed by atoms with Crippen LogP contribution in [0.2, 0.25) is 0 Å². The summed E-state index contributed by atoms with van der Waals surface area (Å²) in [7, 11) is 0. The monoisotopic (exact) mass is 451 g/mol. The molecule has 1 amide bonds. The van der Waals surface area contributed by atoms with Crippen molar-refractivity contribution in [1.29, 1.82) is 0 Å². The predicted octanol–water partition coefficient (Wildman–Crippen LogP) is 2.53. The molecule has 33 heavy (non-hydrogen) atoms. The van der Waals surface area contributed by atoms with Gasteiger partial charge in [0.2, 0.25) is 5.82 Å². The number of primary amides is 1. The number of morpholine rings is 1. The van der Waals surface area contributed by atoms with Crippen molar-refractivity contribution in [1.82, 2.24) is 19.7 Å². The van der Waals surface area contributed by atoms with Gasteiger partial charge in [-0.25, -0.2) is 0 Å². The number of rotatable bonds is 8. The number of aryl methyl sites for hydroxylation is 1. The number of phenols is 1. The first-order chi connectivity index (χ1) is 16.0. The van der Waals surface area contributed by atoms with Crippen molar-refractivity contribution in [3.05, 3.63) is 53.3 Å². The second-order valence-electron chi connectivity index (χ2n) is 7.87. The van der Waals surface area contributed by atoms with E-state index in [1.165, 1.54) is 0 Å². The van der Waals surface area contributed by atoms with Crippen molar-refractivity contribution >= 4 is 5.91 Å². The van der Waals surface area contributed by atoms with E-state index < -0.39 is 5.91 Å². The highest BCUT2D eigenvalue weighted by Gasteiger charge is 2.23. The number of aromatic nitrogens is 3. The summed E-state index contributed by atoms with van der Waals surface area (Å²) >= 11 is 0. The van der Waals surface area contributed by atoms with E-state index in [0.717, 1.165) is 44.0 Å². The summed E-state index contributed by atoms with van der Waals surface area (Å²) in [6, 6.07) is 11.2. The number of benzene rings is 2. The molecule has 1 aliphatic heterocycles. The summed E-state index contributed by atoms with van der Waals surface area (Å²) < 4.78 is 12.6. The lowest BCUT2D eigenvalue weighted by Gasteiger charge is -2.26. The van der Waals surface area contributed by atoms with Gasteiger partial charge in [0.15, 0.2) is 5.82 Å². The van der Waals surface area contributed by atoms with Crippen molar-refractivity contribution in [3.8, 4) is 28.6 Å². The first kappa shape index (κ1) is 22.8. The van der Waals surface area contributed by atoms with Crippen LogP contribution >= 0.6 is 0 Å².